The van der Waals surface area contributed by atoms with E-state index in [1.165, 1.54) is 7.11 Å². The zero-order valence-electron chi connectivity index (χ0n) is 21.0. The van der Waals surface area contributed by atoms with Crippen LogP contribution in [-0.2, 0) is 15.0 Å². The number of hydrogen-bond donors (Lipinski definition) is 0. The Morgan fingerprint density at radius 3 is 2.11 bits per heavy atom. The number of methoxy groups -OCH3 is 1. The largest absolute Gasteiger partial charge is 0.464 e. The van der Waals surface area contributed by atoms with Gasteiger partial charge in [-0.25, -0.2) is 9.48 Å². The highest BCUT2D eigenvalue weighted by molar-refractivity contribution is 6.15. The number of ketones is 1. The predicted molar refractivity (Wildman–Crippen MR) is 138 cm³/mol. The van der Waals surface area contributed by atoms with E-state index in [-0.39, 0.29) is 22.9 Å². The summed E-state index contributed by atoms with van der Waals surface area (Å²) >= 11 is 0. The molecule has 1 aliphatic heterocycles. The van der Waals surface area contributed by atoms with Crippen molar-refractivity contribution in [2.45, 2.75) is 32.1 Å². The average Bonchev–Trinajstić information content (AvgIpc) is 3.33. The molecule has 0 bridgehead atoms. The summed E-state index contributed by atoms with van der Waals surface area (Å²) < 4.78 is 19.0. The molecule has 188 valence electrons. The topological polar surface area (TPSA) is 79.7 Å². The van der Waals surface area contributed by atoms with Crippen molar-refractivity contribution < 1.29 is 23.8 Å². The van der Waals surface area contributed by atoms with Crippen molar-refractivity contribution in [1.82, 2.24) is 9.78 Å². The van der Waals surface area contributed by atoms with E-state index in [4.69, 9.17) is 19.3 Å². The van der Waals surface area contributed by atoms with E-state index >= 15 is 0 Å². The molecule has 0 N–H and O–H groups in total. The summed E-state index contributed by atoms with van der Waals surface area (Å²) in [6.07, 6.45) is -0.313. The van der Waals surface area contributed by atoms with E-state index in [1.54, 1.807) is 16.8 Å². The Morgan fingerprint density at radius 2 is 1.57 bits per heavy atom. The Balaban J connectivity index is 1.84. The SMILES string of the molecule is CCOC1CC(c2ccccc2)(c2ccccc2)n2nc(C(=O)OC)c(C(=O)c3ccc(C)cc3)c2O1. The lowest BCUT2D eigenvalue weighted by Gasteiger charge is -2.42. The Bertz CT molecular complexity index is 1370. The number of carbonyl (C=O) groups is 2. The summed E-state index contributed by atoms with van der Waals surface area (Å²) in [5.41, 5.74) is 2.31. The minimum absolute atomic E-state index is 0.0522. The highest BCUT2D eigenvalue weighted by Gasteiger charge is 2.49. The summed E-state index contributed by atoms with van der Waals surface area (Å²) in [5.74, 6) is -0.929. The van der Waals surface area contributed by atoms with Gasteiger partial charge in [-0.1, -0.05) is 90.5 Å². The van der Waals surface area contributed by atoms with Crippen LogP contribution < -0.4 is 4.74 Å². The fraction of sp³-hybridized carbons (Fsp3) is 0.233. The zero-order valence-corrected chi connectivity index (χ0v) is 21.0. The van der Waals surface area contributed by atoms with Crippen molar-refractivity contribution in [3.05, 3.63) is 118 Å². The molecule has 1 aliphatic rings. The van der Waals surface area contributed by atoms with Crippen LogP contribution in [0.5, 0.6) is 5.88 Å². The number of benzene rings is 3. The molecule has 5 rings (SSSR count). The fourth-order valence-electron chi connectivity index (χ4n) is 4.91. The molecule has 1 unspecified atom stereocenters. The molecular weight excluding hydrogens is 468 g/mol. The van der Waals surface area contributed by atoms with Crippen molar-refractivity contribution in [2.24, 2.45) is 0 Å². The molecule has 0 spiro atoms. The van der Waals surface area contributed by atoms with Gasteiger partial charge in [0.15, 0.2) is 5.69 Å². The standard InChI is InChI=1S/C30H28N2O5/c1-4-36-24-19-30(22-11-7-5-8-12-22,23-13-9-6-10-14-23)32-28(37-24)25(26(31-32)29(34)35-3)27(33)21-17-15-20(2)16-18-21/h5-18,24H,4,19H2,1-3H3. The van der Waals surface area contributed by atoms with E-state index < -0.39 is 17.8 Å². The average molecular weight is 497 g/mol. The van der Waals surface area contributed by atoms with Gasteiger partial charge in [0.25, 0.3) is 0 Å². The maximum atomic E-state index is 13.9. The third-order valence-electron chi connectivity index (χ3n) is 6.68. The number of esters is 1. The number of fused-ring (bicyclic) bond motifs is 1. The second kappa shape index (κ2) is 10.0. The molecule has 0 fully saturated rings. The summed E-state index contributed by atoms with van der Waals surface area (Å²) in [6, 6.07) is 26.9. The molecule has 0 radical (unpaired) electrons. The summed E-state index contributed by atoms with van der Waals surface area (Å²) in [7, 11) is 1.27. The molecule has 37 heavy (non-hydrogen) atoms. The van der Waals surface area contributed by atoms with Crippen LogP contribution in [0.3, 0.4) is 0 Å². The lowest BCUT2D eigenvalue weighted by atomic mass is 9.79. The van der Waals surface area contributed by atoms with Gasteiger partial charge in [0, 0.05) is 18.6 Å². The van der Waals surface area contributed by atoms with E-state index in [0.717, 1.165) is 16.7 Å². The van der Waals surface area contributed by atoms with Gasteiger partial charge in [0.1, 0.15) is 11.1 Å². The molecule has 4 aromatic rings. The molecule has 7 heteroatoms. The molecule has 0 saturated heterocycles. The third kappa shape index (κ3) is 4.21. The first-order valence-electron chi connectivity index (χ1n) is 12.2. The maximum absolute atomic E-state index is 13.9. The highest BCUT2D eigenvalue weighted by Crippen LogP contribution is 2.47. The van der Waals surface area contributed by atoms with E-state index in [0.29, 0.717) is 18.6 Å². The molecule has 7 nitrogen and oxygen atoms in total. The Morgan fingerprint density at radius 1 is 0.973 bits per heavy atom. The number of hydrogen-bond acceptors (Lipinski definition) is 6. The van der Waals surface area contributed by atoms with E-state index in [2.05, 4.69) is 0 Å². The van der Waals surface area contributed by atoms with Crippen LogP contribution in [0, 0.1) is 6.92 Å². The van der Waals surface area contributed by atoms with Crippen LogP contribution in [0.25, 0.3) is 0 Å². The molecule has 1 atom stereocenters. The minimum atomic E-state index is -0.912. The van der Waals surface area contributed by atoms with Crippen LogP contribution >= 0.6 is 0 Å². The lowest BCUT2D eigenvalue weighted by Crippen LogP contribution is -2.47. The first-order chi connectivity index (χ1) is 18.0. The number of rotatable bonds is 7. The number of aryl methyl sites for hydroxylation is 1. The van der Waals surface area contributed by atoms with Gasteiger partial charge < -0.3 is 14.2 Å². The summed E-state index contributed by atoms with van der Waals surface area (Å²) in [6.45, 7) is 4.24. The van der Waals surface area contributed by atoms with E-state index in [9.17, 15) is 9.59 Å². The third-order valence-corrected chi connectivity index (χ3v) is 6.68. The Kier molecular flexibility index (Phi) is 6.63. The van der Waals surface area contributed by atoms with Gasteiger partial charge in [-0.05, 0) is 25.0 Å². The van der Waals surface area contributed by atoms with Crippen LogP contribution in [0.2, 0.25) is 0 Å². The second-order valence-corrected chi connectivity index (χ2v) is 8.93. The van der Waals surface area contributed by atoms with Crippen molar-refractivity contribution >= 4 is 11.8 Å². The van der Waals surface area contributed by atoms with Gasteiger partial charge in [0.05, 0.1) is 7.11 Å². The molecule has 0 amide bonds. The van der Waals surface area contributed by atoms with Gasteiger partial charge in [-0.3, -0.25) is 4.79 Å². The maximum Gasteiger partial charge on any atom is 0.359 e. The Hall–Kier alpha value is -4.23. The first kappa shape index (κ1) is 24.5. The van der Waals surface area contributed by atoms with Gasteiger partial charge in [0.2, 0.25) is 18.0 Å². The number of carbonyl (C=O) groups excluding carboxylic acids is 2. The normalized spacial score (nSPS) is 15.9. The predicted octanol–water partition coefficient (Wildman–Crippen LogP) is 5.15. The summed E-state index contributed by atoms with van der Waals surface area (Å²) in [5, 5.41) is 4.73. The van der Waals surface area contributed by atoms with Crippen molar-refractivity contribution in [3.63, 3.8) is 0 Å². The van der Waals surface area contributed by atoms with Crippen LogP contribution in [-0.4, -0.2) is 41.5 Å². The van der Waals surface area contributed by atoms with Gasteiger partial charge in [-0.15, -0.1) is 0 Å². The Labute approximate surface area is 215 Å². The summed E-state index contributed by atoms with van der Waals surface area (Å²) in [4.78, 5) is 26.9. The second-order valence-electron chi connectivity index (χ2n) is 8.93. The zero-order chi connectivity index (χ0) is 26.0. The fourth-order valence-corrected chi connectivity index (χ4v) is 4.91. The molecule has 0 saturated carbocycles. The van der Waals surface area contributed by atoms with Crippen molar-refractivity contribution in [2.75, 3.05) is 13.7 Å². The van der Waals surface area contributed by atoms with Crippen LogP contribution in [0.15, 0.2) is 84.9 Å². The molecule has 3 aromatic carbocycles. The smallest absolute Gasteiger partial charge is 0.359 e. The van der Waals surface area contributed by atoms with Crippen molar-refractivity contribution in [1.29, 1.82) is 0 Å². The molecular formula is C30H28N2O5. The number of ether oxygens (including phenoxy) is 3. The number of nitrogens with zero attached hydrogens (tertiary/aromatic N) is 2. The minimum Gasteiger partial charge on any atom is -0.464 e. The van der Waals surface area contributed by atoms with Crippen molar-refractivity contribution in [3.8, 4) is 5.88 Å². The quantitative estimate of drug-likeness (QED) is 0.260. The van der Waals surface area contributed by atoms with Gasteiger partial charge >= 0.3 is 5.97 Å². The highest BCUT2D eigenvalue weighted by atomic mass is 16.7. The number of aromatic nitrogens is 2. The lowest BCUT2D eigenvalue weighted by molar-refractivity contribution is -0.114. The van der Waals surface area contributed by atoms with Crippen LogP contribution in [0.4, 0.5) is 0 Å². The molecule has 1 aromatic heterocycles. The first-order valence-corrected chi connectivity index (χ1v) is 12.2. The molecule has 2 heterocycles. The molecule has 0 aliphatic carbocycles. The van der Waals surface area contributed by atoms with Gasteiger partial charge in [-0.2, -0.15) is 5.10 Å². The van der Waals surface area contributed by atoms with E-state index in [1.807, 2.05) is 86.6 Å². The van der Waals surface area contributed by atoms with Crippen LogP contribution in [0.1, 0.15) is 56.4 Å². The monoisotopic (exact) mass is 496 g/mol.